The summed E-state index contributed by atoms with van der Waals surface area (Å²) >= 11 is 1.86. The first-order chi connectivity index (χ1) is 13.6. The van der Waals surface area contributed by atoms with Crippen LogP contribution in [-0.4, -0.2) is 27.0 Å². The Bertz CT molecular complexity index is 951. The number of amides is 1. The molecule has 3 heterocycles. The number of fused-ring (bicyclic) bond motifs is 1. The first-order valence-corrected chi connectivity index (χ1v) is 10.8. The summed E-state index contributed by atoms with van der Waals surface area (Å²) in [5.41, 5.74) is 3.96. The molecule has 1 aliphatic rings. The molecular formula is C22H26N4OS. The third-order valence-corrected chi connectivity index (χ3v) is 6.51. The highest BCUT2D eigenvalue weighted by molar-refractivity contribution is 7.11. The molecule has 1 amide bonds. The number of rotatable bonds is 6. The van der Waals surface area contributed by atoms with Crippen LogP contribution in [0.4, 0.5) is 0 Å². The zero-order chi connectivity index (χ0) is 19.5. The number of nitrogens with one attached hydrogen (secondary N) is 1. The second kappa shape index (κ2) is 8.27. The number of hydrogen-bond acceptors (Lipinski definition) is 4. The largest absolute Gasteiger partial charge is 0.352 e. The molecule has 0 radical (unpaired) electrons. The number of aromatic nitrogens is 3. The van der Waals surface area contributed by atoms with E-state index in [0.29, 0.717) is 12.1 Å². The number of aryl methyl sites for hydroxylation is 4. The van der Waals surface area contributed by atoms with Crippen molar-refractivity contribution in [3.8, 4) is 5.82 Å². The molecule has 3 aromatic rings. The summed E-state index contributed by atoms with van der Waals surface area (Å²) in [4.78, 5) is 23.3. The summed E-state index contributed by atoms with van der Waals surface area (Å²) in [6.45, 7) is 4.63. The smallest absolute Gasteiger partial charge is 0.253 e. The molecular weight excluding hydrogens is 368 g/mol. The van der Waals surface area contributed by atoms with Crippen molar-refractivity contribution in [2.24, 2.45) is 0 Å². The van der Waals surface area contributed by atoms with Crippen LogP contribution in [0.15, 0.2) is 30.5 Å². The SMILES string of the molecule is Cc1cc(C(=O)NCCCc2nc3c(s2)CCCC3)c(C)n1-c1ccccn1. The van der Waals surface area contributed by atoms with Crippen LogP contribution in [0, 0.1) is 13.8 Å². The average Bonchev–Trinajstić information content (AvgIpc) is 3.25. The van der Waals surface area contributed by atoms with E-state index in [-0.39, 0.29) is 5.91 Å². The molecule has 0 saturated heterocycles. The molecule has 4 rings (SSSR count). The molecule has 5 nitrogen and oxygen atoms in total. The quantitative estimate of drug-likeness (QED) is 0.638. The summed E-state index contributed by atoms with van der Waals surface area (Å²) in [7, 11) is 0. The number of nitrogens with zero attached hydrogens (tertiary/aromatic N) is 3. The summed E-state index contributed by atoms with van der Waals surface area (Å²) in [5.74, 6) is 0.818. The molecule has 6 heteroatoms. The fourth-order valence-electron chi connectivity index (χ4n) is 3.88. The van der Waals surface area contributed by atoms with Gasteiger partial charge in [0.15, 0.2) is 0 Å². The number of carbonyl (C=O) groups excluding carboxylic acids is 1. The maximum Gasteiger partial charge on any atom is 0.253 e. The van der Waals surface area contributed by atoms with Crippen LogP contribution >= 0.6 is 11.3 Å². The summed E-state index contributed by atoms with van der Waals surface area (Å²) in [5, 5.41) is 4.29. The van der Waals surface area contributed by atoms with E-state index in [9.17, 15) is 4.79 Å². The highest BCUT2D eigenvalue weighted by Gasteiger charge is 2.17. The normalized spacial score (nSPS) is 13.4. The Labute approximate surface area is 169 Å². The van der Waals surface area contributed by atoms with Crippen LogP contribution in [0.2, 0.25) is 0 Å². The van der Waals surface area contributed by atoms with Gasteiger partial charge in [0.25, 0.3) is 5.91 Å². The minimum absolute atomic E-state index is 0.0197. The van der Waals surface area contributed by atoms with E-state index in [0.717, 1.165) is 36.5 Å². The third kappa shape index (κ3) is 3.87. The number of pyridine rings is 1. The predicted molar refractivity (Wildman–Crippen MR) is 112 cm³/mol. The summed E-state index contributed by atoms with van der Waals surface area (Å²) in [6, 6.07) is 7.74. The number of hydrogen-bond donors (Lipinski definition) is 1. The first kappa shape index (κ1) is 18.9. The van der Waals surface area contributed by atoms with Gasteiger partial charge in [-0.05, 0) is 64.2 Å². The zero-order valence-electron chi connectivity index (χ0n) is 16.5. The van der Waals surface area contributed by atoms with Crippen LogP contribution in [0.1, 0.15) is 56.6 Å². The van der Waals surface area contributed by atoms with Crippen LogP contribution in [0.25, 0.3) is 5.82 Å². The summed E-state index contributed by atoms with van der Waals surface area (Å²) < 4.78 is 2.02. The van der Waals surface area contributed by atoms with Gasteiger partial charge in [0.1, 0.15) is 5.82 Å². The van der Waals surface area contributed by atoms with Gasteiger partial charge >= 0.3 is 0 Å². The molecule has 0 unspecified atom stereocenters. The van der Waals surface area contributed by atoms with Crippen molar-refractivity contribution < 1.29 is 4.79 Å². The maximum atomic E-state index is 12.7. The fourth-order valence-corrected chi connectivity index (χ4v) is 5.08. The second-order valence-corrected chi connectivity index (χ2v) is 8.52. The summed E-state index contributed by atoms with van der Waals surface area (Å²) in [6.07, 6.45) is 8.50. The van der Waals surface area contributed by atoms with E-state index in [1.807, 2.05) is 54.0 Å². The molecule has 28 heavy (non-hydrogen) atoms. The molecule has 0 spiro atoms. The van der Waals surface area contributed by atoms with E-state index in [1.165, 1.54) is 34.8 Å². The molecule has 146 valence electrons. The standard InChI is InChI=1S/C22H26N4OS/c1-15-14-17(16(2)26(15)20-10-5-6-12-23-20)22(27)24-13-7-11-21-25-18-8-3-4-9-19(18)28-21/h5-6,10,12,14H,3-4,7-9,11,13H2,1-2H3,(H,24,27). The van der Waals surface area contributed by atoms with Crippen molar-refractivity contribution in [1.82, 2.24) is 19.9 Å². The Morgan fingerprint density at radius 3 is 2.89 bits per heavy atom. The van der Waals surface area contributed by atoms with Crippen molar-refractivity contribution in [2.75, 3.05) is 6.54 Å². The third-order valence-electron chi connectivity index (χ3n) is 5.30. The number of thiazole rings is 1. The Morgan fingerprint density at radius 1 is 1.25 bits per heavy atom. The van der Waals surface area contributed by atoms with E-state index < -0.39 is 0 Å². The highest BCUT2D eigenvalue weighted by atomic mass is 32.1. The van der Waals surface area contributed by atoms with Gasteiger partial charge in [-0.1, -0.05) is 6.07 Å². The Hall–Kier alpha value is -2.47. The van der Waals surface area contributed by atoms with Crippen molar-refractivity contribution in [2.45, 2.75) is 52.4 Å². The van der Waals surface area contributed by atoms with Gasteiger partial charge in [0, 0.05) is 35.4 Å². The Balaban J connectivity index is 1.35. The minimum atomic E-state index is -0.0197. The van der Waals surface area contributed by atoms with E-state index in [1.54, 1.807) is 6.20 Å². The topological polar surface area (TPSA) is 59.8 Å². The van der Waals surface area contributed by atoms with Gasteiger partial charge in [-0.2, -0.15) is 0 Å². The molecule has 0 atom stereocenters. The van der Waals surface area contributed by atoms with Gasteiger partial charge in [0.2, 0.25) is 0 Å². The molecule has 0 aromatic carbocycles. The van der Waals surface area contributed by atoms with Gasteiger partial charge in [-0.15, -0.1) is 11.3 Å². The van der Waals surface area contributed by atoms with Crippen LogP contribution in [0.5, 0.6) is 0 Å². The molecule has 0 aliphatic heterocycles. The molecule has 1 N–H and O–H groups in total. The lowest BCUT2D eigenvalue weighted by molar-refractivity contribution is 0.0952. The first-order valence-electron chi connectivity index (χ1n) is 9.99. The maximum absolute atomic E-state index is 12.7. The monoisotopic (exact) mass is 394 g/mol. The lowest BCUT2D eigenvalue weighted by Crippen LogP contribution is -2.25. The molecule has 0 saturated carbocycles. The van der Waals surface area contributed by atoms with Gasteiger partial charge < -0.3 is 9.88 Å². The van der Waals surface area contributed by atoms with Gasteiger partial charge in [-0.25, -0.2) is 9.97 Å². The molecule has 3 aromatic heterocycles. The van der Waals surface area contributed by atoms with Gasteiger partial charge in [0.05, 0.1) is 16.3 Å². The minimum Gasteiger partial charge on any atom is -0.352 e. The zero-order valence-corrected chi connectivity index (χ0v) is 17.3. The second-order valence-electron chi connectivity index (χ2n) is 7.35. The van der Waals surface area contributed by atoms with E-state index in [4.69, 9.17) is 4.98 Å². The molecule has 1 aliphatic carbocycles. The molecule has 0 bridgehead atoms. The van der Waals surface area contributed by atoms with Crippen molar-refractivity contribution in [3.63, 3.8) is 0 Å². The number of carbonyl (C=O) groups is 1. The Morgan fingerprint density at radius 2 is 2.11 bits per heavy atom. The van der Waals surface area contributed by atoms with E-state index >= 15 is 0 Å². The van der Waals surface area contributed by atoms with Gasteiger partial charge in [-0.3, -0.25) is 4.79 Å². The van der Waals surface area contributed by atoms with Crippen molar-refractivity contribution >= 4 is 17.2 Å². The van der Waals surface area contributed by atoms with Crippen molar-refractivity contribution in [1.29, 1.82) is 0 Å². The van der Waals surface area contributed by atoms with Crippen LogP contribution < -0.4 is 5.32 Å². The lowest BCUT2D eigenvalue weighted by Gasteiger charge is -2.09. The van der Waals surface area contributed by atoms with Crippen LogP contribution in [0.3, 0.4) is 0 Å². The van der Waals surface area contributed by atoms with E-state index in [2.05, 4.69) is 10.3 Å². The van der Waals surface area contributed by atoms with Crippen molar-refractivity contribution in [3.05, 3.63) is 63.0 Å². The highest BCUT2D eigenvalue weighted by Crippen LogP contribution is 2.27. The molecule has 0 fully saturated rings. The lowest BCUT2D eigenvalue weighted by atomic mass is 10.0. The predicted octanol–water partition coefficient (Wildman–Crippen LogP) is 4.19. The van der Waals surface area contributed by atoms with Crippen LogP contribution in [-0.2, 0) is 19.3 Å². The average molecular weight is 395 g/mol. The Kier molecular flexibility index (Phi) is 5.57. The fraction of sp³-hybridized carbons (Fsp3) is 0.409.